The molecule has 15 heavy (non-hydrogen) atoms. The van der Waals surface area contributed by atoms with Gasteiger partial charge in [-0.2, -0.15) is 0 Å². The van der Waals surface area contributed by atoms with Crippen LogP contribution in [0.5, 0.6) is 0 Å². The molecule has 0 saturated heterocycles. The van der Waals surface area contributed by atoms with Crippen molar-refractivity contribution < 1.29 is 0 Å². The van der Waals surface area contributed by atoms with Crippen molar-refractivity contribution in [3.05, 3.63) is 40.5 Å². The molecule has 0 radical (unpaired) electrons. The minimum Gasteiger partial charge on any atom is -0.364 e. The predicted octanol–water partition coefficient (Wildman–Crippen LogP) is 0.414. The second kappa shape index (κ2) is 3.95. The van der Waals surface area contributed by atoms with Crippen LogP contribution in [-0.4, -0.2) is 19.9 Å². The zero-order chi connectivity index (χ0) is 10.7. The normalized spacial score (nSPS) is 10.2. The van der Waals surface area contributed by atoms with Gasteiger partial charge in [-0.1, -0.05) is 0 Å². The van der Waals surface area contributed by atoms with Crippen LogP contribution in [0.25, 0.3) is 0 Å². The van der Waals surface area contributed by atoms with Crippen molar-refractivity contribution in [1.29, 1.82) is 0 Å². The van der Waals surface area contributed by atoms with E-state index in [9.17, 15) is 4.79 Å². The summed E-state index contributed by atoms with van der Waals surface area (Å²) in [7, 11) is 0. The van der Waals surface area contributed by atoms with Crippen molar-refractivity contribution in [3.63, 3.8) is 0 Å². The largest absolute Gasteiger partial charge is 0.364 e. The number of aryl methyl sites for hydroxylation is 1. The first-order valence-corrected chi connectivity index (χ1v) is 4.53. The minimum atomic E-state index is -0.158. The average Bonchev–Trinajstić information content (AvgIpc) is 2.65. The molecule has 0 aliphatic heterocycles. The van der Waals surface area contributed by atoms with E-state index in [1.54, 1.807) is 19.4 Å². The van der Waals surface area contributed by atoms with Crippen molar-refractivity contribution >= 4 is 5.82 Å². The van der Waals surface area contributed by atoms with Gasteiger partial charge in [0, 0.05) is 12.3 Å². The van der Waals surface area contributed by atoms with Gasteiger partial charge in [0.2, 0.25) is 0 Å². The van der Waals surface area contributed by atoms with Gasteiger partial charge in [-0.3, -0.25) is 4.79 Å². The van der Waals surface area contributed by atoms with Gasteiger partial charge < -0.3 is 15.3 Å². The van der Waals surface area contributed by atoms with Gasteiger partial charge in [0.05, 0.1) is 18.6 Å². The molecule has 0 aliphatic rings. The van der Waals surface area contributed by atoms with Gasteiger partial charge in [-0.05, 0) is 6.92 Å². The maximum absolute atomic E-state index is 11.1. The smallest absolute Gasteiger partial charge is 0.252 e. The molecule has 0 amide bonds. The minimum absolute atomic E-state index is 0.158. The van der Waals surface area contributed by atoms with Crippen molar-refractivity contribution in [1.82, 2.24) is 19.9 Å². The van der Waals surface area contributed by atoms with E-state index in [-0.39, 0.29) is 5.56 Å². The number of nitrogens with one attached hydrogen (secondary N) is 3. The summed E-state index contributed by atoms with van der Waals surface area (Å²) < 4.78 is 0. The topological polar surface area (TPSA) is 86.5 Å². The Labute approximate surface area is 85.8 Å². The molecule has 0 atom stereocenters. The van der Waals surface area contributed by atoms with E-state index in [0.717, 1.165) is 5.69 Å². The van der Waals surface area contributed by atoms with Crippen molar-refractivity contribution in [2.75, 3.05) is 5.32 Å². The SMILES string of the molecule is Cc1nc(NCc2cnc[nH]2)cc(=O)[nH]1. The van der Waals surface area contributed by atoms with Crippen LogP contribution in [0.15, 0.2) is 23.4 Å². The van der Waals surface area contributed by atoms with Crippen molar-refractivity contribution in [2.24, 2.45) is 0 Å². The summed E-state index contributed by atoms with van der Waals surface area (Å²) in [4.78, 5) is 24.7. The Morgan fingerprint density at radius 2 is 2.40 bits per heavy atom. The second-order valence-electron chi connectivity index (χ2n) is 3.15. The summed E-state index contributed by atoms with van der Waals surface area (Å²) >= 11 is 0. The lowest BCUT2D eigenvalue weighted by atomic mass is 10.4. The zero-order valence-electron chi connectivity index (χ0n) is 8.24. The highest BCUT2D eigenvalue weighted by Crippen LogP contribution is 2.00. The summed E-state index contributed by atoms with van der Waals surface area (Å²) in [6.45, 7) is 2.30. The summed E-state index contributed by atoms with van der Waals surface area (Å²) in [5.74, 6) is 1.15. The van der Waals surface area contributed by atoms with Gasteiger partial charge in [0.15, 0.2) is 0 Å². The summed E-state index contributed by atoms with van der Waals surface area (Å²) in [5, 5.41) is 3.03. The average molecular weight is 205 g/mol. The molecule has 2 aromatic heterocycles. The fraction of sp³-hybridized carbons (Fsp3) is 0.222. The lowest BCUT2D eigenvalue weighted by Gasteiger charge is -2.03. The highest BCUT2D eigenvalue weighted by molar-refractivity contribution is 5.33. The number of rotatable bonds is 3. The Morgan fingerprint density at radius 1 is 1.53 bits per heavy atom. The standard InChI is InChI=1S/C9H11N5O/c1-6-13-8(2-9(15)14-6)11-4-7-3-10-5-12-7/h2-3,5H,4H2,1H3,(H,10,12)(H2,11,13,14,15). The van der Waals surface area contributed by atoms with Crippen LogP contribution in [0, 0.1) is 6.92 Å². The molecule has 2 rings (SSSR count). The van der Waals surface area contributed by atoms with Crippen LogP contribution >= 0.6 is 0 Å². The number of hydrogen-bond acceptors (Lipinski definition) is 4. The number of aromatic amines is 2. The fourth-order valence-electron chi connectivity index (χ4n) is 1.24. The highest BCUT2D eigenvalue weighted by Gasteiger charge is 1.98. The molecule has 0 bridgehead atoms. The molecule has 0 spiro atoms. The van der Waals surface area contributed by atoms with Crippen LogP contribution in [0.1, 0.15) is 11.5 Å². The lowest BCUT2D eigenvalue weighted by Crippen LogP contribution is -2.11. The molecule has 2 heterocycles. The van der Waals surface area contributed by atoms with Gasteiger partial charge in [-0.25, -0.2) is 9.97 Å². The first kappa shape index (κ1) is 9.45. The Bertz CT molecular complexity index is 487. The molecule has 6 nitrogen and oxygen atoms in total. The van der Waals surface area contributed by atoms with E-state index < -0.39 is 0 Å². The van der Waals surface area contributed by atoms with Crippen molar-refractivity contribution in [2.45, 2.75) is 13.5 Å². The van der Waals surface area contributed by atoms with E-state index in [1.807, 2.05) is 0 Å². The van der Waals surface area contributed by atoms with E-state index >= 15 is 0 Å². The quantitative estimate of drug-likeness (QED) is 0.677. The third kappa shape index (κ3) is 2.43. The number of imidazole rings is 1. The van der Waals surface area contributed by atoms with E-state index in [4.69, 9.17) is 0 Å². The number of H-pyrrole nitrogens is 2. The fourth-order valence-corrected chi connectivity index (χ4v) is 1.24. The van der Waals surface area contributed by atoms with Gasteiger partial charge in [0.25, 0.3) is 5.56 Å². The molecule has 0 aliphatic carbocycles. The maximum atomic E-state index is 11.1. The van der Waals surface area contributed by atoms with Crippen LogP contribution < -0.4 is 10.9 Å². The third-order valence-electron chi connectivity index (χ3n) is 1.87. The predicted molar refractivity (Wildman–Crippen MR) is 55.5 cm³/mol. The van der Waals surface area contributed by atoms with Crippen molar-refractivity contribution in [3.8, 4) is 0 Å². The van der Waals surface area contributed by atoms with E-state index in [0.29, 0.717) is 18.2 Å². The second-order valence-corrected chi connectivity index (χ2v) is 3.15. The van der Waals surface area contributed by atoms with Gasteiger partial charge >= 0.3 is 0 Å². The summed E-state index contributed by atoms with van der Waals surface area (Å²) in [6, 6.07) is 1.42. The summed E-state index contributed by atoms with van der Waals surface area (Å²) in [5.41, 5.74) is 0.782. The Hall–Kier alpha value is -2.11. The summed E-state index contributed by atoms with van der Waals surface area (Å²) in [6.07, 6.45) is 3.32. The number of anilines is 1. The Morgan fingerprint density at radius 3 is 3.07 bits per heavy atom. The third-order valence-corrected chi connectivity index (χ3v) is 1.87. The lowest BCUT2D eigenvalue weighted by molar-refractivity contribution is 0.985. The van der Waals surface area contributed by atoms with Crippen LogP contribution in [0.3, 0.4) is 0 Å². The van der Waals surface area contributed by atoms with E-state index in [1.165, 1.54) is 6.07 Å². The Kier molecular flexibility index (Phi) is 2.49. The highest BCUT2D eigenvalue weighted by atomic mass is 16.1. The van der Waals surface area contributed by atoms with Crippen LogP contribution in [0.2, 0.25) is 0 Å². The molecule has 78 valence electrons. The molecule has 0 fully saturated rings. The maximum Gasteiger partial charge on any atom is 0.252 e. The molecule has 0 unspecified atom stereocenters. The van der Waals surface area contributed by atoms with Gasteiger partial charge in [-0.15, -0.1) is 0 Å². The monoisotopic (exact) mass is 205 g/mol. The molecule has 2 aromatic rings. The molecule has 6 heteroatoms. The van der Waals surface area contributed by atoms with E-state index in [2.05, 4.69) is 25.3 Å². The Balaban J connectivity index is 2.08. The molecule has 0 aromatic carbocycles. The van der Waals surface area contributed by atoms with Gasteiger partial charge in [0.1, 0.15) is 11.6 Å². The molecule has 0 saturated carbocycles. The number of nitrogens with zero attached hydrogens (tertiary/aromatic N) is 2. The number of hydrogen-bond donors (Lipinski definition) is 3. The van der Waals surface area contributed by atoms with Crippen LogP contribution in [0.4, 0.5) is 5.82 Å². The molecular weight excluding hydrogens is 194 g/mol. The molecule has 3 N–H and O–H groups in total. The number of aromatic nitrogens is 4. The molecular formula is C9H11N5O. The zero-order valence-corrected chi connectivity index (χ0v) is 8.24. The first-order chi connectivity index (χ1) is 7.24. The first-order valence-electron chi connectivity index (χ1n) is 4.53. The van der Waals surface area contributed by atoms with Crippen LogP contribution in [-0.2, 0) is 6.54 Å².